The molecule has 0 saturated carbocycles. The number of hydrogen-bond acceptors (Lipinski definition) is 7. The first kappa shape index (κ1) is 22.7. The molecule has 1 aliphatic rings. The van der Waals surface area contributed by atoms with E-state index < -0.39 is 12.0 Å². The third-order valence-corrected chi connectivity index (χ3v) is 6.03. The fourth-order valence-corrected chi connectivity index (χ4v) is 4.73. The van der Waals surface area contributed by atoms with Gasteiger partial charge in [-0.3, -0.25) is 14.3 Å². The fourth-order valence-electron chi connectivity index (χ4n) is 3.70. The Labute approximate surface area is 195 Å². The predicted molar refractivity (Wildman–Crippen MR) is 127 cm³/mol. The molecule has 0 unspecified atom stereocenters. The zero-order valence-electron chi connectivity index (χ0n) is 18.9. The monoisotopic (exact) mass is 463 g/mol. The number of aromatic nitrogens is 2. The van der Waals surface area contributed by atoms with E-state index in [4.69, 9.17) is 9.47 Å². The zero-order chi connectivity index (χ0) is 23.5. The molecule has 0 fully saturated rings. The Kier molecular flexibility index (Phi) is 6.55. The molecule has 4 rings (SSSR count). The van der Waals surface area contributed by atoms with Crippen LogP contribution in [0.2, 0.25) is 0 Å². The van der Waals surface area contributed by atoms with Gasteiger partial charge in [0.15, 0.2) is 4.80 Å². The van der Waals surface area contributed by atoms with Crippen molar-refractivity contribution in [2.24, 2.45) is 4.99 Å². The van der Waals surface area contributed by atoms with Crippen molar-refractivity contribution in [3.8, 4) is 5.75 Å². The average Bonchev–Trinajstić information content (AvgIpc) is 3.08. The van der Waals surface area contributed by atoms with Crippen molar-refractivity contribution in [2.45, 2.75) is 39.8 Å². The number of esters is 1. The second-order valence-electron chi connectivity index (χ2n) is 7.79. The van der Waals surface area contributed by atoms with Crippen molar-refractivity contribution in [3.63, 3.8) is 0 Å². The molecule has 0 radical (unpaired) electrons. The number of hydrogen-bond donors (Lipinski definition) is 0. The standard InChI is InChI=1S/C25H25N3O4S/c1-5-31-24(30)21-16(4)27-25-28(22(21)17-9-11-19(12-10-17)32-15(2)3)23(29)20(33-25)14-18-8-6-7-13-26-18/h6-15,22H,5H2,1-4H3/b20-14+/t22-/m1/s1. The van der Waals surface area contributed by atoms with Gasteiger partial charge in [-0.25, -0.2) is 9.79 Å². The van der Waals surface area contributed by atoms with Gasteiger partial charge in [0.1, 0.15) is 5.75 Å². The van der Waals surface area contributed by atoms with Crippen LogP contribution >= 0.6 is 11.3 Å². The Morgan fingerprint density at radius 1 is 1.21 bits per heavy atom. The number of allylic oxidation sites excluding steroid dienone is 1. The van der Waals surface area contributed by atoms with E-state index in [0.29, 0.717) is 26.3 Å². The van der Waals surface area contributed by atoms with Gasteiger partial charge in [-0.1, -0.05) is 29.5 Å². The third kappa shape index (κ3) is 4.66. The molecule has 0 N–H and O–H groups in total. The largest absolute Gasteiger partial charge is 0.491 e. The molecule has 1 atom stereocenters. The van der Waals surface area contributed by atoms with Gasteiger partial charge in [0.25, 0.3) is 5.56 Å². The summed E-state index contributed by atoms with van der Waals surface area (Å²) in [6, 6.07) is 12.3. The number of fused-ring (bicyclic) bond motifs is 1. The lowest BCUT2D eigenvalue weighted by Crippen LogP contribution is -2.39. The van der Waals surface area contributed by atoms with Crippen LogP contribution < -0.4 is 19.6 Å². The maximum Gasteiger partial charge on any atom is 0.338 e. The SMILES string of the molecule is CCOC(=O)C1=C(C)N=c2s/c(=C/c3ccccn3)c(=O)n2[C@@H]1c1ccc(OC(C)C)cc1. The smallest absolute Gasteiger partial charge is 0.338 e. The van der Waals surface area contributed by atoms with Crippen molar-refractivity contribution in [1.29, 1.82) is 0 Å². The fraction of sp³-hybridized carbons (Fsp3) is 0.280. The molecule has 8 heteroatoms. The van der Waals surface area contributed by atoms with E-state index in [0.717, 1.165) is 11.3 Å². The number of carbonyl (C=O) groups is 1. The lowest BCUT2D eigenvalue weighted by atomic mass is 9.96. The molecule has 33 heavy (non-hydrogen) atoms. The van der Waals surface area contributed by atoms with Crippen molar-refractivity contribution < 1.29 is 14.3 Å². The van der Waals surface area contributed by atoms with Crippen molar-refractivity contribution >= 4 is 23.4 Å². The minimum atomic E-state index is -0.653. The number of nitrogens with zero attached hydrogens (tertiary/aromatic N) is 3. The summed E-state index contributed by atoms with van der Waals surface area (Å²) in [5, 5.41) is 0. The summed E-state index contributed by atoms with van der Waals surface area (Å²) in [6.07, 6.45) is 3.46. The molecule has 0 aliphatic carbocycles. The number of thiazole rings is 1. The lowest BCUT2D eigenvalue weighted by Gasteiger charge is -2.25. The molecular formula is C25H25N3O4S. The van der Waals surface area contributed by atoms with E-state index in [2.05, 4.69) is 9.98 Å². The van der Waals surface area contributed by atoms with Gasteiger partial charge in [-0.05, 0) is 63.6 Å². The highest BCUT2D eigenvalue weighted by molar-refractivity contribution is 7.07. The van der Waals surface area contributed by atoms with Crippen LogP contribution in [0.25, 0.3) is 6.08 Å². The number of pyridine rings is 1. The zero-order valence-corrected chi connectivity index (χ0v) is 19.8. The summed E-state index contributed by atoms with van der Waals surface area (Å²) in [5.74, 6) is 0.236. The quantitative estimate of drug-likeness (QED) is 0.525. The molecule has 1 aromatic carbocycles. The molecule has 0 spiro atoms. The van der Waals surface area contributed by atoms with Crippen LogP contribution in [0.3, 0.4) is 0 Å². The molecule has 3 heterocycles. The summed E-state index contributed by atoms with van der Waals surface area (Å²) in [5.41, 5.74) is 2.11. The summed E-state index contributed by atoms with van der Waals surface area (Å²) in [6.45, 7) is 7.67. The van der Waals surface area contributed by atoms with E-state index in [1.165, 1.54) is 11.3 Å². The second-order valence-corrected chi connectivity index (χ2v) is 8.80. The van der Waals surface area contributed by atoms with Gasteiger partial charge in [0.05, 0.1) is 40.2 Å². The first-order valence-electron chi connectivity index (χ1n) is 10.8. The van der Waals surface area contributed by atoms with Crippen molar-refractivity contribution in [1.82, 2.24) is 9.55 Å². The first-order valence-corrected chi connectivity index (χ1v) is 11.6. The van der Waals surface area contributed by atoms with Crippen LogP contribution in [0.15, 0.2) is 69.7 Å². The minimum absolute atomic E-state index is 0.0392. The van der Waals surface area contributed by atoms with Crippen molar-refractivity contribution in [2.75, 3.05) is 6.61 Å². The van der Waals surface area contributed by atoms with Crippen LogP contribution in [0.1, 0.15) is 45.0 Å². The third-order valence-electron chi connectivity index (χ3n) is 5.05. The number of rotatable bonds is 6. The summed E-state index contributed by atoms with van der Waals surface area (Å²) in [7, 11) is 0. The maximum atomic E-state index is 13.5. The Hall–Kier alpha value is -3.52. The Bertz CT molecular complexity index is 1370. The second kappa shape index (κ2) is 9.54. The normalized spacial score (nSPS) is 15.9. The lowest BCUT2D eigenvalue weighted by molar-refractivity contribution is -0.139. The molecule has 2 aromatic heterocycles. The van der Waals surface area contributed by atoms with Crippen LogP contribution in [0.5, 0.6) is 5.75 Å². The van der Waals surface area contributed by atoms with E-state index in [1.807, 2.05) is 56.3 Å². The van der Waals surface area contributed by atoms with Crippen LogP contribution in [-0.2, 0) is 9.53 Å². The van der Waals surface area contributed by atoms with E-state index in [1.54, 1.807) is 30.7 Å². The molecular weight excluding hydrogens is 438 g/mol. The van der Waals surface area contributed by atoms with Gasteiger partial charge >= 0.3 is 5.97 Å². The Balaban J connectivity index is 1.90. The minimum Gasteiger partial charge on any atom is -0.491 e. The Morgan fingerprint density at radius 3 is 2.61 bits per heavy atom. The van der Waals surface area contributed by atoms with Gasteiger partial charge < -0.3 is 9.47 Å². The molecule has 3 aromatic rings. The van der Waals surface area contributed by atoms with Crippen LogP contribution in [0.4, 0.5) is 0 Å². The highest BCUT2D eigenvalue weighted by Crippen LogP contribution is 2.31. The summed E-state index contributed by atoms with van der Waals surface area (Å²) in [4.78, 5) is 35.8. The van der Waals surface area contributed by atoms with Gasteiger partial charge in [-0.15, -0.1) is 0 Å². The molecule has 170 valence electrons. The number of benzene rings is 1. The highest BCUT2D eigenvalue weighted by atomic mass is 32.1. The summed E-state index contributed by atoms with van der Waals surface area (Å²) < 4.78 is 13.1. The van der Waals surface area contributed by atoms with E-state index in [-0.39, 0.29) is 18.3 Å². The maximum absolute atomic E-state index is 13.5. The molecule has 1 aliphatic heterocycles. The van der Waals surface area contributed by atoms with Gasteiger partial charge in [0.2, 0.25) is 0 Å². The first-order chi connectivity index (χ1) is 15.9. The van der Waals surface area contributed by atoms with Gasteiger partial charge in [0, 0.05) is 6.20 Å². The van der Waals surface area contributed by atoms with Gasteiger partial charge in [-0.2, -0.15) is 0 Å². The van der Waals surface area contributed by atoms with E-state index in [9.17, 15) is 9.59 Å². The molecule has 0 saturated heterocycles. The average molecular weight is 464 g/mol. The van der Waals surface area contributed by atoms with Crippen LogP contribution in [0, 0.1) is 0 Å². The van der Waals surface area contributed by atoms with Crippen LogP contribution in [-0.4, -0.2) is 28.2 Å². The molecule has 0 amide bonds. The number of ether oxygens (including phenoxy) is 2. The molecule has 7 nitrogen and oxygen atoms in total. The highest BCUT2D eigenvalue weighted by Gasteiger charge is 2.33. The van der Waals surface area contributed by atoms with E-state index >= 15 is 0 Å². The molecule has 0 bridgehead atoms. The number of carbonyl (C=O) groups excluding carboxylic acids is 1. The summed E-state index contributed by atoms with van der Waals surface area (Å²) >= 11 is 1.27. The topological polar surface area (TPSA) is 82.8 Å². The Morgan fingerprint density at radius 2 is 1.97 bits per heavy atom. The van der Waals surface area contributed by atoms with Crippen molar-refractivity contribution in [3.05, 3.63) is 90.9 Å². The predicted octanol–water partition coefficient (Wildman–Crippen LogP) is 2.98.